The van der Waals surface area contributed by atoms with Crippen molar-refractivity contribution in [3.63, 3.8) is 0 Å². The number of anilines is 1. The standard InChI is InChI=1S/C17H15ClN4O2/c18-13-9-12-11(3-6-21-16(12)23)8-15(13)22-17(24)14(19)7-10-1-4-20-5-2-10/h1-6,8-9,14H,7,19H2,(H,21,23)(H,22,24)/t14-/m1/s1. The van der Waals surface area contributed by atoms with Crippen LogP contribution in [-0.4, -0.2) is 21.9 Å². The average molecular weight is 343 g/mol. The van der Waals surface area contributed by atoms with Crippen molar-refractivity contribution >= 4 is 34.0 Å². The van der Waals surface area contributed by atoms with Gasteiger partial charge < -0.3 is 16.0 Å². The highest BCUT2D eigenvalue weighted by molar-refractivity contribution is 6.34. The summed E-state index contributed by atoms with van der Waals surface area (Å²) in [5.41, 5.74) is 7.06. The van der Waals surface area contributed by atoms with Crippen LogP contribution in [-0.2, 0) is 11.2 Å². The zero-order chi connectivity index (χ0) is 17.1. The summed E-state index contributed by atoms with van der Waals surface area (Å²) in [6.45, 7) is 0. The molecule has 24 heavy (non-hydrogen) atoms. The van der Waals surface area contributed by atoms with Crippen molar-refractivity contribution in [1.82, 2.24) is 9.97 Å². The van der Waals surface area contributed by atoms with Crippen LogP contribution < -0.4 is 16.6 Å². The minimum atomic E-state index is -0.724. The zero-order valence-corrected chi connectivity index (χ0v) is 13.4. The van der Waals surface area contributed by atoms with Crippen molar-refractivity contribution in [3.05, 3.63) is 69.9 Å². The number of amides is 1. The van der Waals surface area contributed by atoms with E-state index in [1.807, 2.05) is 12.1 Å². The number of nitrogens with one attached hydrogen (secondary N) is 2. The molecule has 0 aliphatic rings. The van der Waals surface area contributed by atoms with Crippen LogP contribution in [0.3, 0.4) is 0 Å². The Labute approximate surface area is 142 Å². The van der Waals surface area contributed by atoms with Gasteiger partial charge in [0.15, 0.2) is 0 Å². The lowest BCUT2D eigenvalue weighted by Crippen LogP contribution is -2.37. The van der Waals surface area contributed by atoms with E-state index in [1.54, 1.807) is 30.7 Å². The molecule has 1 amide bonds. The third-order valence-corrected chi connectivity index (χ3v) is 3.97. The lowest BCUT2D eigenvalue weighted by atomic mass is 10.1. The fourth-order valence-corrected chi connectivity index (χ4v) is 2.61. The van der Waals surface area contributed by atoms with Gasteiger partial charge in [0.05, 0.1) is 16.8 Å². The molecule has 0 unspecified atom stereocenters. The molecule has 4 N–H and O–H groups in total. The lowest BCUT2D eigenvalue weighted by molar-refractivity contribution is -0.117. The third kappa shape index (κ3) is 3.45. The van der Waals surface area contributed by atoms with E-state index >= 15 is 0 Å². The SMILES string of the molecule is N[C@H](Cc1ccncc1)C(=O)Nc1cc2cc[nH]c(=O)c2cc1Cl. The molecule has 0 bridgehead atoms. The maximum Gasteiger partial charge on any atom is 0.255 e. The maximum absolute atomic E-state index is 12.3. The number of H-pyrrole nitrogens is 1. The number of aromatic amines is 1. The first-order valence-corrected chi connectivity index (χ1v) is 7.68. The molecule has 1 atom stereocenters. The molecule has 2 heterocycles. The first-order chi connectivity index (χ1) is 11.5. The predicted octanol–water partition coefficient (Wildman–Crippen LogP) is 2.08. The summed E-state index contributed by atoms with van der Waals surface area (Å²) in [4.78, 5) is 30.5. The van der Waals surface area contributed by atoms with Gasteiger partial charge >= 0.3 is 0 Å². The number of nitrogens with zero attached hydrogens (tertiary/aromatic N) is 1. The Hall–Kier alpha value is -2.70. The largest absolute Gasteiger partial charge is 0.329 e. The minimum absolute atomic E-state index is 0.235. The fourth-order valence-electron chi connectivity index (χ4n) is 2.40. The number of benzene rings is 1. The highest BCUT2D eigenvalue weighted by Gasteiger charge is 2.16. The molecule has 0 aliphatic heterocycles. The van der Waals surface area contributed by atoms with Crippen LogP contribution in [0, 0.1) is 0 Å². The number of fused-ring (bicyclic) bond motifs is 1. The van der Waals surface area contributed by atoms with Gasteiger partial charge in [0.1, 0.15) is 0 Å². The molecule has 0 saturated heterocycles. The van der Waals surface area contributed by atoms with E-state index < -0.39 is 6.04 Å². The molecule has 2 aromatic heterocycles. The Kier molecular flexibility index (Phi) is 4.59. The van der Waals surface area contributed by atoms with Gasteiger partial charge in [0, 0.05) is 24.0 Å². The number of pyridine rings is 2. The van der Waals surface area contributed by atoms with Gasteiger partial charge in [0.2, 0.25) is 5.91 Å². The number of hydrogen-bond donors (Lipinski definition) is 3. The molecule has 6 nitrogen and oxygen atoms in total. The van der Waals surface area contributed by atoms with Gasteiger partial charge in [-0.3, -0.25) is 14.6 Å². The van der Waals surface area contributed by atoms with Gasteiger partial charge in [-0.25, -0.2) is 0 Å². The van der Waals surface area contributed by atoms with Crippen molar-refractivity contribution < 1.29 is 4.79 Å². The van der Waals surface area contributed by atoms with Gasteiger partial charge in [-0.05, 0) is 47.7 Å². The van der Waals surface area contributed by atoms with Crippen molar-refractivity contribution in [2.45, 2.75) is 12.5 Å². The summed E-state index contributed by atoms with van der Waals surface area (Å²) in [5.74, 6) is -0.349. The Morgan fingerprint density at radius 2 is 2.04 bits per heavy atom. The number of nitrogens with two attached hydrogens (primary N) is 1. The van der Waals surface area contributed by atoms with Crippen molar-refractivity contribution in [3.8, 4) is 0 Å². The van der Waals surface area contributed by atoms with Gasteiger partial charge in [0.25, 0.3) is 5.56 Å². The summed E-state index contributed by atoms with van der Waals surface area (Å²) in [5, 5.41) is 4.14. The molecule has 0 radical (unpaired) electrons. The van der Waals surface area contributed by atoms with E-state index in [1.165, 1.54) is 6.07 Å². The highest BCUT2D eigenvalue weighted by atomic mass is 35.5. The van der Waals surface area contributed by atoms with Gasteiger partial charge in [-0.15, -0.1) is 0 Å². The molecule has 0 spiro atoms. The second kappa shape index (κ2) is 6.82. The zero-order valence-electron chi connectivity index (χ0n) is 12.6. The van der Waals surface area contributed by atoms with Crippen LogP contribution >= 0.6 is 11.6 Å². The molecule has 0 saturated carbocycles. The Morgan fingerprint density at radius 1 is 1.29 bits per heavy atom. The van der Waals surface area contributed by atoms with E-state index in [0.717, 1.165) is 5.56 Å². The topological polar surface area (TPSA) is 101 Å². The summed E-state index contributed by atoms with van der Waals surface area (Å²) in [7, 11) is 0. The Morgan fingerprint density at radius 3 is 2.79 bits per heavy atom. The quantitative estimate of drug-likeness (QED) is 0.675. The number of hydrogen-bond acceptors (Lipinski definition) is 4. The van der Waals surface area contributed by atoms with Crippen LogP contribution in [0.5, 0.6) is 0 Å². The van der Waals surface area contributed by atoms with Crippen molar-refractivity contribution in [2.75, 3.05) is 5.32 Å². The number of carbonyl (C=O) groups excluding carboxylic acids is 1. The second-order valence-corrected chi connectivity index (χ2v) is 5.79. The van der Waals surface area contributed by atoms with Crippen LogP contribution in [0.1, 0.15) is 5.56 Å². The third-order valence-electron chi connectivity index (χ3n) is 3.66. The molecule has 1 aromatic carbocycles. The molecular formula is C17H15ClN4O2. The van der Waals surface area contributed by atoms with Crippen LogP contribution in [0.15, 0.2) is 53.7 Å². The Bertz CT molecular complexity index is 940. The van der Waals surface area contributed by atoms with E-state index in [-0.39, 0.29) is 16.5 Å². The first-order valence-electron chi connectivity index (χ1n) is 7.31. The minimum Gasteiger partial charge on any atom is -0.329 e. The normalized spacial score (nSPS) is 12.1. The second-order valence-electron chi connectivity index (χ2n) is 5.38. The van der Waals surface area contributed by atoms with E-state index in [0.29, 0.717) is 22.9 Å². The number of halogens is 1. The van der Waals surface area contributed by atoms with Gasteiger partial charge in [-0.1, -0.05) is 11.6 Å². The first kappa shape index (κ1) is 16.2. The fraction of sp³-hybridized carbons (Fsp3) is 0.118. The van der Waals surface area contributed by atoms with E-state index in [4.69, 9.17) is 17.3 Å². The number of aromatic nitrogens is 2. The monoisotopic (exact) mass is 342 g/mol. The van der Waals surface area contributed by atoms with Crippen molar-refractivity contribution in [1.29, 1.82) is 0 Å². The highest BCUT2D eigenvalue weighted by Crippen LogP contribution is 2.26. The van der Waals surface area contributed by atoms with Gasteiger partial charge in [-0.2, -0.15) is 0 Å². The summed E-state index contributed by atoms with van der Waals surface area (Å²) in [6.07, 6.45) is 5.23. The molecule has 7 heteroatoms. The lowest BCUT2D eigenvalue weighted by Gasteiger charge is -2.14. The van der Waals surface area contributed by atoms with Crippen molar-refractivity contribution in [2.24, 2.45) is 5.73 Å². The van der Waals surface area contributed by atoms with E-state index in [2.05, 4.69) is 15.3 Å². The smallest absolute Gasteiger partial charge is 0.255 e. The van der Waals surface area contributed by atoms with Crippen LogP contribution in [0.2, 0.25) is 5.02 Å². The summed E-state index contributed by atoms with van der Waals surface area (Å²) >= 11 is 6.17. The average Bonchev–Trinajstić information content (AvgIpc) is 2.57. The van der Waals surface area contributed by atoms with Crippen LogP contribution in [0.25, 0.3) is 10.8 Å². The predicted molar refractivity (Wildman–Crippen MR) is 94.1 cm³/mol. The summed E-state index contributed by atoms with van der Waals surface area (Å²) in [6, 6.07) is 7.81. The van der Waals surface area contributed by atoms with Crippen LogP contribution in [0.4, 0.5) is 5.69 Å². The van der Waals surface area contributed by atoms with E-state index in [9.17, 15) is 9.59 Å². The number of rotatable bonds is 4. The number of carbonyl (C=O) groups is 1. The molecule has 122 valence electrons. The summed E-state index contributed by atoms with van der Waals surface area (Å²) < 4.78 is 0. The molecule has 3 rings (SSSR count). The maximum atomic E-state index is 12.3. The molecular weight excluding hydrogens is 328 g/mol. The molecule has 3 aromatic rings. The molecule has 0 fully saturated rings. The molecule has 0 aliphatic carbocycles. The Balaban J connectivity index is 1.80.